The highest BCUT2D eigenvalue weighted by Gasteiger charge is 2.55. The molecule has 0 spiro atoms. The second-order valence-electron chi connectivity index (χ2n) is 11.6. The highest BCUT2D eigenvalue weighted by molar-refractivity contribution is 6.39. The Hall–Kier alpha value is -3.80. The zero-order valence-electron chi connectivity index (χ0n) is 24.8. The van der Waals surface area contributed by atoms with E-state index in [1.165, 1.54) is 38.2 Å². The average molecular weight is 663 g/mol. The number of rotatable bonds is 10. The van der Waals surface area contributed by atoms with Crippen molar-refractivity contribution in [3.05, 3.63) is 87.5 Å². The summed E-state index contributed by atoms with van der Waals surface area (Å²) >= 11 is 12.4. The van der Waals surface area contributed by atoms with E-state index in [0.29, 0.717) is 27.8 Å². The molecular weight excluding hydrogens is 630 g/mol. The molecule has 45 heavy (non-hydrogen) atoms. The smallest absolute Gasteiger partial charge is 0.381 e. The van der Waals surface area contributed by atoms with Crippen molar-refractivity contribution in [1.29, 1.82) is 0 Å². The molecule has 8 nitrogen and oxygen atoms in total. The molecule has 2 amide bonds. The van der Waals surface area contributed by atoms with Gasteiger partial charge in [0.25, 0.3) is 11.8 Å². The van der Waals surface area contributed by atoms with Crippen LogP contribution in [0.5, 0.6) is 0 Å². The maximum atomic E-state index is 14.5. The largest absolute Gasteiger partial charge is 0.420 e. The van der Waals surface area contributed by atoms with Crippen molar-refractivity contribution < 1.29 is 27.9 Å². The number of nitrogens with zero attached hydrogens (tertiary/aromatic N) is 3. The number of aromatic nitrogens is 2. The second-order valence-corrected chi connectivity index (χ2v) is 12.4. The van der Waals surface area contributed by atoms with E-state index in [2.05, 4.69) is 15.7 Å². The van der Waals surface area contributed by atoms with E-state index in [1.807, 2.05) is 6.07 Å². The van der Waals surface area contributed by atoms with Gasteiger partial charge in [-0.1, -0.05) is 35.3 Å². The first-order chi connectivity index (χ1) is 21.2. The predicted molar refractivity (Wildman–Crippen MR) is 168 cm³/mol. The lowest BCUT2D eigenvalue weighted by Gasteiger charge is -2.38. The Kier molecular flexibility index (Phi) is 9.08. The van der Waals surface area contributed by atoms with Gasteiger partial charge in [0.2, 0.25) is 0 Å². The van der Waals surface area contributed by atoms with Crippen molar-refractivity contribution >= 4 is 51.6 Å². The summed E-state index contributed by atoms with van der Waals surface area (Å²) < 4.78 is 45.2. The van der Waals surface area contributed by atoms with Crippen LogP contribution in [-0.4, -0.2) is 68.6 Å². The van der Waals surface area contributed by atoms with E-state index in [0.717, 1.165) is 23.3 Å². The fourth-order valence-electron chi connectivity index (χ4n) is 5.00. The molecule has 1 unspecified atom stereocenters. The van der Waals surface area contributed by atoms with Crippen molar-refractivity contribution in [2.75, 3.05) is 18.4 Å². The molecule has 238 valence electrons. The molecule has 1 aliphatic carbocycles. The highest BCUT2D eigenvalue weighted by Crippen LogP contribution is 2.35. The third kappa shape index (κ3) is 6.90. The number of fused-ring (bicyclic) bond motifs is 1. The van der Waals surface area contributed by atoms with E-state index in [9.17, 15) is 27.9 Å². The summed E-state index contributed by atoms with van der Waals surface area (Å²) in [5, 5.41) is 21.8. The average Bonchev–Trinajstić information content (AvgIpc) is 3.69. The van der Waals surface area contributed by atoms with Crippen molar-refractivity contribution in [2.45, 2.75) is 57.5 Å². The van der Waals surface area contributed by atoms with Crippen LogP contribution in [0.4, 0.5) is 18.9 Å². The quantitative estimate of drug-likeness (QED) is 0.174. The van der Waals surface area contributed by atoms with Crippen LogP contribution < -0.4 is 10.6 Å². The van der Waals surface area contributed by atoms with Gasteiger partial charge in [-0.2, -0.15) is 18.3 Å². The molecule has 0 radical (unpaired) electrons. The SMILES string of the molecule is Cc1cc(NCC(O)(CN(C(=O)c2c(Cl)cccc2Cl)C(C)C)C(F)(F)F)c2cnn(-c3cccc(C(=O)NC4CC4)c3)c2c1. The van der Waals surface area contributed by atoms with Crippen LogP contribution in [0.15, 0.2) is 60.8 Å². The molecule has 1 heterocycles. The summed E-state index contributed by atoms with van der Waals surface area (Å²) in [7, 11) is 0. The molecule has 0 aliphatic heterocycles. The van der Waals surface area contributed by atoms with Gasteiger partial charge in [0.1, 0.15) is 0 Å². The number of benzene rings is 3. The second kappa shape index (κ2) is 12.5. The normalized spacial score (nSPS) is 14.8. The van der Waals surface area contributed by atoms with Gasteiger partial charge in [0, 0.05) is 28.7 Å². The van der Waals surface area contributed by atoms with Gasteiger partial charge in [0.05, 0.1) is 46.1 Å². The Morgan fingerprint density at radius 2 is 1.76 bits per heavy atom. The fraction of sp³-hybridized carbons (Fsp3) is 0.344. The number of anilines is 1. The molecule has 1 aromatic heterocycles. The number of carbonyl (C=O) groups is 2. The number of nitrogens with one attached hydrogen (secondary N) is 2. The van der Waals surface area contributed by atoms with Gasteiger partial charge in [-0.05, 0) is 81.6 Å². The molecule has 1 saturated carbocycles. The molecule has 1 aliphatic rings. The summed E-state index contributed by atoms with van der Waals surface area (Å²) in [6.45, 7) is 2.81. The summed E-state index contributed by atoms with van der Waals surface area (Å²) in [6.07, 6.45) is -1.71. The molecule has 0 saturated heterocycles. The number of halogens is 5. The number of alkyl halides is 3. The fourth-order valence-corrected chi connectivity index (χ4v) is 5.56. The van der Waals surface area contributed by atoms with Crippen LogP contribution in [0.2, 0.25) is 10.0 Å². The molecule has 3 aromatic carbocycles. The lowest BCUT2D eigenvalue weighted by Crippen LogP contribution is -2.59. The van der Waals surface area contributed by atoms with Crippen molar-refractivity contribution in [3.8, 4) is 5.69 Å². The topological polar surface area (TPSA) is 99.5 Å². The van der Waals surface area contributed by atoms with Crippen LogP contribution in [0, 0.1) is 6.92 Å². The van der Waals surface area contributed by atoms with E-state index in [-0.39, 0.29) is 27.6 Å². The van der Waals surface area contributed by atoms with Crippen molar-refractivity contribution in [3.63, 3.8) is 0 Å². The summed E-state index contributed by atoms with van der Waals surface area (Å²) in [6, 6.07) is 14.2. The first-order valence-corrected chi connectivity index (χ1v) is 15.1. The van der Waals surface area contributed by atoms with Gasteiger partial charge in [0.15, 0.2) is 5.60 Å². The molecule has 5 rings (SSSR count). The van der Waals surface area contributed by atoms with Gasteiger partial charge in [-0.3, -0.25) is 9.59 Å². The Morgan fingerprint density at radius 1 is 1.09 bits per heavy atom. The lowest BCUT2D eigenvalue weighted by molar-refractivity contribution is -0.258. The van der Waals surface area contributed by atoms with Gasteiger partial charge >= 0.3 is 6.18 Å². The summed E-state index contributed by atoms with van der Waals surface area (Å²) in [5.74, 6) is -1.03. The molecule has 0 bridgehead atoms. The van der Waals surface area contributed by atoms with Crippen LogP contribution in [0.25, 0.3) is 16.6 Å². The van der Waals surface area contributed by atoms with Crippen molar-refractivity contribution in [1.82, 2.24) is 20.0 Å². The summed E-state index contributed by atoms with van der Waals surface area (Å²) in [5.41, 5.74) is -0.826. The summed E-state index contributed by atoms with van der Waals surface area (Å²) in [4.78, 5) is 26.9. The minimum Gasteiger partial charge on any atom is -0.381 e. The molecule has 3 N–H and O–H groups in total. The maximum absolute atomic E-state index is 14.5. The van der Waals surface area contributed by atoms with E-state index >= 15 is 0 Å². The maximum Gasteiger partial charge on any atom is 0.420 e. The third-order valence-electron chi connectivity index (χ3n) is 7.69. The lowest BCUT2D eigenvalue weighted by atomic mass is 10.00. The molecular formula is C32H32Cl2F3N5O3. The molecule has 13 heteroatoms. The number of aliphatic hydroxyl groups is 1. The van der Waals surface area contributed by atoms with E-state index < -0.39 is 36.8 Å². The van der Waals surface area contributed by atoms with Crippen LogP contribution in [-0.2, 0) is 0 Å². The number of hydrogen-bond acceptors (Lipinski definition) is 5. The Morgan fingerprint density at radius 3 is 2.38 bits per heavy atom. The molecule has 1 atom stereocenters. The Balaban J connectivity index is 1.44. The standard InChI is InChI=1S/C32H32Cl2F3N5O3/c1-18(2)41(30(44)28-24(33)8-5-9-25(28)34)17-31(45,32(35,36)37)16-38-26-12-19(3)13-27-23(26)15-39-42(27)22-7-4-6-20(14-22)29(43)40-21-10-11-21/h4-9,12-15,18,21,38,45H,10-11,16-17H2,1-3H3,(H,40,43). The van der Waals surface area contributed by atoms with Gasteiger partial charge < -0.3 is 20.6 Å². The number of amides is 2. The van der Waals surface area contributed by atoms with Gasteiger partial charge in [-0.25, -0.2) is 4.68 Å². The number of hydrogen-bond donors (Lipinski definition) is 3. The van der Waals surface area contributed by atoms with Crippen LogP contribution in [0.1, 0.15) is 53.0 Å². The minimum atomic E-state index is -5.12. The Bertz CT molecular complexity index is 1740. The number of aryl methyl sites for hydroxylation is 1. The van der Waals surface area contributed by atoms with Gasteiger partial charge in [-0.15, -0.1) is 0 Å². The van der Waals surface area contributed by atoms with Crippen LogP contribution in [0.3, 0.4) is 0 Å². The van der Waals surface area contributed by atoms with E-state index in [1.54, 1.807) is 41.9 Å². The molecule has 4 aromatic rings. The first-order valence-electron chi connectivity index (χ1n) is 14.4. The van der Waals surface area contributed by atoms with Crippen molar-refractivity contribution in [2.24, 2.45) is 0 Å². The zero-order chi connectivity index (χ0) is 32.7. The number of carbonyl (C=O) groups excluding carboxylic acids is 2. The van der Waals surface area contributed by atoms with E-state index in [4.69, 9.17) is 23.2 Å². The van der Waals surface area contributed by atoms with Crippen LogP contribution >= 0.6 is 23.2 Å². The zero-order valence-corrected chi connectivity index (χ0v) is 26.3. The minimum absolute atomic E-state index is 0.0138. The first kappa shape index (κ1) is 32.6. The monoisotopic (exact) mass is 661 g/mol. The molecule has 1 fully saturated rings. The third-order valence-corrected chi connectivity index (χ3v) is 8.32. The predicted octanol–water partition coefficient (Wildman–Crippen LogP) is 6.79. The highest BCUT2D eigenvalue weighted by atomic mass is 35.5. The Labute approximate surface area is 268 Å².